The molecule has 0 atom stereocenters. The Kier molecular flexibility index (Phi) is 4.21. The maximum Gasteiger partial charge on any atom is 0.0708 e. The molecule has 0 fully saturated rings. The summed E-state index contributed by atoms with van der Waals surface area (Å²) in [6, 6.07) is 19.5. The molecule has 0 bridgehead atoms. The Bertz CT molecular complexity index is 1340. The number of thiophene rings is 1. The van der Waals surface area contributed by atoms with E-state index in [1.807, 2.05) is 18.6 Å². The van der Waals surface area contributed by atoms with Crippen LogP contribution in [0.15, 0.2) is 78.6 Å². The highest BCUT2D eigenvalue weighted by Crippen LogP contribution is 2.37. The number of aromatic nitrogens is 2. The predicted octanol–water partition coefficient (Wildman–Crippen LogP) is 7.48. The van der Waals surface area contributed by atoms with Gasteiger partial charge in [0, 0.05) is 39.8 Å². The second kappa shape index (κ2) is 6.78. The summed E-state index contributed by atoms with van der Waals surface area (Å²) in [7, 11) is 0. The molecule has 0 spiro atoms. The molecule has 3 heteroatoms. The fourth-order valence-electron chi connectivity index (χ4n) is 3.93. The van der Waals surface area contributed by atoms with Crippen molar-refractivity contribution in [3.8, 4) is 22.4 Å². The summed E-state index contributed by atoms with van der Waals surface area (Å²) in [6.07, 6.45) is 5.72. The minimum atomic E-state index is 0.0580. The van der Waals surface area contributed by atoms with Gasteiger partial charge in [-0.05, 0) is 63.0 Å². The van der Waals surface area contributed by atoms with E-state index >= 15 is 0 Å². The Labute approximate surface area is 174 Å². The van der Waals surface area contributed by atoms with Crippen LogP contribution < -0.4 is 0 Å². The Hall–Kier alpha value is -3.04. The van der Waals surface area contributed by atoms with Crippen molar-refractivity contribution in [2.24, 2.45) is 0 Å². The third-order valence-electron chi connectivity index (χ3n) is 5.41. The van der Waals surface area contributed by atoms with Gasteiger partial charge in [0.15, 0.2) is 0 Å². The zero-order chi connectivity index (χ0) is 20.0. The van der Waals surface area contributed by atoms with Gasteiger partial charge >= 0.3 is 0 Å². The molecule has 0 aliphatic rings. The lowest BCUT2D eigenvalue weighted by atomic mass is 9.82. The van der Waals surface area contributed by atoms with Crippen molar-refractivity contribution in [1.82, 2.24) is 9.97 Å². The van der Waals surface area contributed by atoms with Gasteiger partial charge in [0.2, 0.25) is 0 Å². The molecule has 5 aromatic rings. The molecule has 3 aromatic heterocycles. The van der Waals surface area contributed by atoms with Crippen molar-refractivity contribution in [1.29, 1.82) is 0 Å². The van der Waals surface area contributed by atoms with Crippen molar-refractivity contribution in [3.05, 3.63) is 84.1 Å². The summed E-state index contributed by atoms with van der Waals surface area (Å²) < 4.78 is 1.26. The van der Waals surface area contributed by atoms with Gasteiger partial charge in [-0.2, -0.15) is 0 Å². The largest absolute Gasteiger partial charge is 0.264 e. The molecular formula is C26H22N2S. The summed E-state index contributed by atoms with van der Waals surface area (Å²) >= 11 is 1.76. The van der Waals surface area contributed by atoms with E-state index in [4.69, 9.17) is 4.98 Å². The number of rotatable bonds is 2. The Morgan fingerprint density at radius 1 is 0.828 bits per heavy atom. The number of nitrogens with zero attached hydrogens (tertiary/aromatic N) is 2. The van der Waals surface area contributed by atoms with Crippen LogP contribution >= 0.6 is 11.3 Å². The molecular weight excluding hydrogens is 372 g/mol. The predicted molar refractivity (Wildman–Crippen MR) is 124 cm³/mol. The maximum absolute atomic E-state index is 4.72. The first-order valence-electron chi connectivity index (χ1n) is 9.82. The normalized spacial score (nSPS) is 12.0. The average molecular weight is 395 g/mol. The second-order valence-corrected chi connectivity index (χ2v) is 9.36. The lowest BCUT2D eigenvalue weighted by Crippen LogP contribution is -2.12. The molecule has 142 valence electrons. The molecule has 2 aromatic carbocycles. The van der Waals surface area contributed by atoms with E-state index in [0.29, 0.717) is 0 Å². The number of hydrogen-bond acceptors (Lipinski definition) is 3. The summed E-state index contributed by atoms with van der Waals surface area (Å²) in [5.74, 6) is 0. The van der Waals surface area contributed by atoms with Crippen molar-refractivity contribution in [3.63, 3.8) is 0 Å². The smallest absolute Gasteiger partial charge is 0.0708 e. The van der Waals surface area contributed by atoms with E-state index < -0.39 is 0 Å². The van der Waals surface area contributed by atoms with Crippen LogP contribution in [0.25, 0.3) is 43.2 Å². The average Bonchev–Trinajstić information content (AvgIpc) is 3.16. The van der Waals surface area contributed by atoms with E-state index in [1.165, 1.54) is 37.5 Å². The molecule has 5 rings (SSSR count). The SMILES string of the molecule is CC(C)(C)c1cc(-c2cc(-c3csc4ccncc34)ccn2)cc2ccccc12. The molecule has 0 amide bonds. The maximum atomic E-state index is 4.72. The van der Waals surface area contributed by atoms with Crippen LogP contribution in [0.3, 0.4) is 0 Å². The van der Waals surface area contributed by atoms with Gasteiger partial charge in [0.25, 0.3) is 0 Å². The number of benzene rings is 2. The quantitative estimate of drug-likeness (QED) is 0.310. The molecule has 0 aliphatic carbocycles. The monoisotopic (exact) mass is 394 g/mol. The first-order valence-corrected chi connectivity index (χ1v) is 10.7. The number of pyridine rings is 2. The van der Waals surface area contributed by atoms with Crippen LogP contribution in [0.5, 0.6) is 0 Å². The van der Waals surface area contributed by atoms with Gasteiger partial charge in [0.1, 0.15) is 0 Å². The molecule has 29 heavy (non-hydrogen) atoms. The van der Waals surface area contributed by atoms with E-state index in [9.17, 15) is 0 Å². The van der Waals surface area contributed by atoms with Crippen molar-refractivity contribution in [2.45, 2.75) is 26.2 Å². The van der Waals surface area contributed by atoms with Gasteiger partial charge < -0.3 is 0 Å². The minimum absolute atomic E-state index is 0.0580. The molecule has 0 radical (unpaired) electrons. The van der Waals surface area contributed by atoms with E-state index in [1.54, 1.807) is 11.3 Å². The zero-order valence-corrected chi connectivity index (χ0v) is 17.6. The number of fused-ring (bicyclic) bond motifs is 2. The van der Waals surface area contributed by atoms with Crippen molar-refractivity contribution in [2.75, 3.05) is 0 Å². The van der Waals surface area contributed by atoms with Crippen LogP contribution in [0.2, 0.25) is 0 Å². The van der Waals surface area contributed by atoms with Crippen LogP contribution in [0.4, 0.5) is 0 Å². The highest BCUT2D eigenvalue weighted by molar-refractivity contribution is 7.17. The highest BCUT2D eigenvalue weighted by atomic mass is 32.1. The van der Waals surface area contributed by atoms with E-state index in [-0.39, 0.29) is 5.41 Å². The molecule has 0 saturated heterocycles. The number of hydrogen-bond donors (Lipinski definition) is 0. The van der Waals surface area contributed by atoms with E-state index in [2.05, 4.69) is 85.7 Å². The minimum Gasteiger partial charge on any atom is -0.264 e. The molecule has 0 unspecified atom stereocenters. The molecule has 2 nitrogen and oxygen atoms in total. The zero-order valence-electron chi connectivity index (χ0n) is 16.8. The van der Waals surface area contributed by atoms with Gasteiger partial charge in [-0.1, -0.05) is 45.0 Å². The Balaban J connectivity index is 1.69. The third kappa shape index (κ3) is 3.22. The summed E-state index contributed by atoms with van der Waals surface area (Å²) in [4.78, 5) is 9.03. The first-order chi connectivity index (χ1) is 14.0. The van der Waals surface area contributed by atoms with E-state index in [0.717, 1.165) is 11.3 Å². The van der Waals surface area contributed by atoms with Gasteiger partial charge in [0.05, 0.1) is 5.69 Å². The van der Waals surface area contributed by atoms with Gasteiger partial charge in [-0.3, -0.25) is 9.97 Å². The second-order valence-electron chi connectivity index (χ2n) is 8.45. The summed E-state index contributed by atoms with van der Waals surface area (Å²) in [5, 5.41) is 5.98. The Morgan fingerprint density at radius 2 is 1.69 bits per heavy atom. The van der Waals surface area contributed by atoms with Crippen molar-refractivity contribution >= 4 is 32.2 Å². The highest BCUT2D eigenvalue weighted by Gasteiger charge is 2.19. The fourth-order valence-corrected chi connectivity index (χ4v) is 4.87. The third-order valence-corrected chi connectivity index (χ3v) is 6.37. The first kappa shape index (κ1) is 18.0. The summed E-state index contributed by atoms with van der Waals surface area (Å²) in [5.41, 5.74) is 5.97. The van der Waals surface area contributed by atoms with Crippen LogP contribution in [0, 0.1) is 0 Å². The lowest BCUT2D eigenvalue weighted by Gasteiger charge is -2.22. The van der Waals surface area contributed by atoms with Gasteiger partial charge in [-0.25, -0.2) is 0 Å². The summed E-state index contributed by atoms with van der Waals surface area (Å²) in [6.45, 7) is 6.81. The standard InChI is InChI=1S/C26H22N2S/c1-26(2,3)23-13-19(12-17-6-4-5-7-20(17)23)24-14-18(8-11-28-24)22-16-29-25-9-10-27-15-21(22)25/h4-16H,1-3H3. The molecule has 0 saturated carbocycles. The Morgan fingerprint density at radius 3 is 2.55 bits per heavy atom. The van der Waals surface area contributed by atoms with Gasteiger partial charge in [-0.15, -0.1) is 11.3 Å². The van der Waals surface area contributed by atoms with Crippen molar-refractivity contribution < 1.29 is 0 Å². The lowest BCUT2D eigenvalue weighted by molar-refractivity contribution is 0.596. The fraction of sp³-hybridized carbons (Fsp3) is 0.154. The molecule has 0 N–H and O–H groups in total. The topological polar surface area (TPSA) is 25.8 Å². The van der Waals surface area contributed by atoms with Crippen LogP contribution in [0.1, 0.15) is 26.3 Å². The van der Waals surface area contributed by atoms with Crippen LogP contribution in [-0.2, 0) is 5.41 Å². The van der Waals surface area contributed by atoms with Crippen LogP contribution in [-0.4, -0.2) is 9.97 Å². The molecule has 0 aliphatic heterocycles. The molecule has 3 heterocycles.